The third-order valence-electron chi connectivity index (χ3n) is 5.82. The topological polar surface area (TPSA) is 98.7 Å². The number of anilines is 1. The van der Waals surface area contributed by atoms with Gasteiger partial charge < -0.3 is 9.84 Å². The highest BCUT2D eigenvalue weighted by Gasteiger charge is 2.42. The van der Waals surface area contributed by atoms with Crippen molar-refractivity contribution in [3.63, 3.8) is 0 Å². The summed E-state index contributed by atoms with van der Waals surface area (Å²) in [7, 11) is 0. The Balaban J connectivity index is 1.40. The van der Waals surface area contributed by atoms with Gasteiger partial charge >= 0.3 is 6.18 Å². The van der Waals surface area contributed by atoms with E-state index in [0.29, 0.717) is 29.8 Å². The highest BCUT2D eigenvalue weighted by molar-refractivity contribution is 6.06. The van der Waals surface area contributed by atoms with Gasteiger partial charge in [-0.3, -0.25) is 19.4 Å². The van der Waals surface area contributed by atoms with Crippen LogP contribution in [0.2, 0.25) is 0 Å². The first-order valence-electron chi connectivity index (χ1n) is 9.96. The molecule has 1 atom stereocenters. The monoisotopic (exact) mass is 434 g/mol. The van der Waals surface area contributed by atoms with Crippen LogP contribution in [0.1, 0.15) is 49.1 Å². The average molecular weight is 434 g/mol. The van der Waals surface area contributed by atoms with Gasteiger partial charge in [-0.2, -0.15) is 18.3 Å². The fourth-order valence-electron chi connectivity index (χ4n) is 3.98. The molecule has 3 heterocycles. The molecule has 0 radical (unpaired) electrons. The van der Waals surface area contributed by atoms with E-state index in [4.69, 9.17) is 4.52 Å². The lowest BCUT2D eigenvalue weighted by Gasteiger charge is -2.33. The summed E-state index contributed by atoms with van der Waals surface area (Å²) >= 11 is 0. The maximum Gasteiger partial charge on any atom is 0.391 e. The van der Waals surface area contributed by atoms with Gasteiger partial charge in [-0.15, -0.1) is 0 Å². The van der Waals surface area contributed by atoms with E-state index in [1.807, 2.05) is 6.92 Å². The quantitative estimate of drug-likeness (QED) is 0.634. The molecule has 4 rings (SSSR count). The van der Waals surface area contributed by atoms with E-state index in [2.05, 4.69) is 25.5 Å². The van der Waals surface area contributed by atoms with Crippen LogP contribution in [0.3, 0.4) is 0 Å². The first-order valence-corrected chi connectivity index (χ1v) is 9.96. The first-order chi connectivity index (χ1) is 14.8. The summed E-state index contributed by atoms with van der Waals surface area (Å²) in [5.41, 5.74) is 1.38. The van der Waals surface area contributed by atoms with Crippen molar-refractivity contribution < 1.29 is 22.5 Å². The zero-order valence-corrected chi connectivity index (χ0v) is 16.7. The number of amides is 1. The van der Waals surface area contributed by atoms with Gasteiger partial charge in [0.2, 0.25) is 0 Å². The number of hydrogen-bond donors (Lipinski definition) is 1. The molecule has 0 bridgehead atoms. The molecular weight excluding hydrogens is 413 g/mol. The van der Waals surface area contributed by atoms with Gasteiger partial charge in [0.1, 0.15) is 6.26 Å². The lowest BCUT2D eigenvalue weighted by Crippen LogP contribution is -2.30. The number of nitrogens with one attached hydrogen (secondary N) is 1. The zero-order valence-electron chi connectivity index (χ0n) is 16.7. The van der Waals surface area contributed by atoms with Gasteiger partial charge in [-0.05, 0) is 38.5 Å². The molecule has 3 aromatic rings. The van der Waals surface area contributed by atoms with Crippen LogP contribution in [-0.2, 0) is 0 Å². The first kappa shape index (κ1) is 21.0. The number of hydrogen-bond acceptors (Lipinski definition) is 6. The number of nitrogens with zero attached hydrogens (tertiary/aromatic N) is 5. The van der Waals surface area contributed by atoms with Crippen molar-refractivity contribution in [2.75, 3.05) is 5.32 Å². The van der Waals surface area contributed by atoms with Crippen LogP contribution in [-0.4, -0.2) is 37.0 Å². The predicted octanol–water partition coefficient (Wildman–Crippen LogP) is 4.51. The molecule has 1 amide bonds. The molecule has 164 valence electrons. The normalized spacial score (nSPS) is 20.4. The van der Waals surface area contributed by atoms with E-state index >= 15 is 0 Å². The fraction of sp³-hybridized carbons (Fsp3) is 0.450. The van der Waals surface area contributed by atoms with Gasteiger partial charge in [0.15, 0.2) is 5.69 Å². The maximum atomic E-state index is 12.9. The van der Waals surface area contributed by atoms with Crippen molar-refractivity contribution in [3.05, 3.63) is 42.9 Å². The minimum Gasteiger partial charge on any atom is -0.363 e. The molecule has 0 aliphatic heterocycles. The van der Waals surface area contributed by atoms with E-state index in [1.54, 1.807) is 10.9 Å². The van der Waals surface area contributed by atoms with Crippen LogP contribution >= 0.6 is 0 Å². The molecule has 0 aromatic carbocycles. The maximum absolute atomic E-state index is 12.9. The lowest BCUT2D eigenvalue weighted by atomic mass is 9.78. The van der Waals surface area contributed by atoms with Crippen LogP contribution in [0.5, 0.6) is 0 Å². The van der Waals surface area contributed by atoms with Gasteiger partial charge in [-0.25, -0.2) is 0 Å². The molecule has 1 aliphatic rings. The molecule has 1 aliphatic carbocycles. The van der Waals surface area contributed by atoms with Crippen molar-refractivity contribution in [1.82, 2.24) is 24.9 Å². The summed E-state index contributed by atoms with van der Waals surface area (Å²) in [6.45, 7) is 1.93. The van der Waals surface area contributed by atoms with Crippen molar-refractivity contribution in [2.24, 2.45) is 11.8 Å². The Morgan fingerprint density at radius 3 is 2.68 bits per heavy atom. The lowest BCUT2D eigenvalue weighted by molar-refractivity contribution is -0.184. The van der Waals surface area contributed by atoms with Crippen LogP contribution in [0, 0.1) is 11.8 Å². The highest BCUT2D eigenvalue weighted by Crippen LogP contribution is 2.42. The minimum atomic E-state index is -4.12. The molecular formula is C20H21F3N6O2. The molecule has 1 N–H and O–H groups in total. The van der Waals surface area contributed by atoms with Crippen molar-refractivity contribution in [2.45, 2.75) is 44.8 Å². The zero-order chi connectivity index (χ0) is 22.0. The molecule has 8 nitrogen and oxygen atoms in total. The minimum absolute atomic E-state index is 0.0618. The van der Waals surface area contributed by atoms with Crippen LogP contribution in [0.4, 0.5) is 18.9 Å². The smallest absolute Gasteiger partial charge is 0.363 e. The van der Waals surface area contributed by atoms with Gasteiger partial charge in [0, 0.05) is 18.6 Å². The summed E-state index contributed by atoms with van der Waals surface area (Å²) in [5, 5.41) is 10.8. The summed E-state index contributed by atoms with van der Waals surface area (Å²) in [6.07, 6.45) is 6.14. The van der Waals surface area contributed by atoms with E-state index < -0.39 is 18.0 Å². The molecule has 0 saturated heterocycles. The third-order valence-corrected chi connectivity index (χ3v) is 5.82. The van der Waals surface area contributed by atoms with Crippen molar-refractivity contribution >= 4 is 11.6 Å². The summed E-state index contributed by atoms with van der Waals surface area (Å²) in [4.78, 5) is 20.8. The average Bonchev–Trinajstić information content (AvgIpc) is 3.43. The molecule has 3 aromatic heterocycles. The molecule has 1 fully saturated rings. The van der Waals surface area contributed by atoms with E-state index in [9.17, 15) is 18.0 Å². The molecule has 1 unspecified atom stereocenters. The van der Waals surface area contributed by atoms with E-state index in [0.717, 1.165) is 0 Å². The van der Waals surface area contributed by atoms with Crippen LogP contribution in [0.15, 0.2) is 41.8 Å². The SMILES string of the molecule is CC(C1CCC(C(F)(F)F)CC1)n1cc(NC(=O)c2nocc2-c2cnccn2)cn1. The number of carbonyl (C=O) groups is 1. The van der Waals surface area contributed by atoms with E-state index in [-0.39, 0.29) is 30.5 Å². The predicted molar refractivity (Wildman–Crippen MR) is 104 cm³/mol. The van der Waals surface area contributed by atoms with Gasteiger partial charge in [0.25, 0.3) is 5.91 Å². The Bertz CT molecular complexity index is 1020. The van der Waals surface area contributed by atoms with Crippen molar-refractivity contribution in [3.8, 4) is 11.3 Å². The number of rotatable bonds is 5. The Labute approximate surface area is 175 Å². The highest BCUT2D eigenvalue weighted by atomic mass is 19.4. The second-order valence-electron chi connectivity index (χ2n) is 7.72. The summed E-state index contributed by atoms with van der Waals surface area (Å²) in [6, 6.07) is -0.0814. The largest absolute Gasteiger partial charge is 0.391 e. The standard InChI is InChI=1S/C20H21F3N6O2/c1-12(13-2-4-14(5-3-13)20(21,22)23)29-10-15(8-26-29)27-19(30)18-16(11-31-28-18)17-9-24-6-7-25-17/h6-14H,2-5H2,1H3,(H,27,30). The Hall–Kier alpha value is -3.24. The molecule has 0 spiro atoms. The Morgan fingerprint density at radius 2 is 2.00 bits per heavy atom. The summed E-state index contributed by atoms with van der Waals surface area (Å²) < 4.78 is 45.3. The summed E-state index contributed by atoms with van der Waals surface area (Å²) in [5.74, 6) is -1.61. The van der Waals surface area contributed by atoms with E-state index in [1.165, 1.54) is 31.1 Å². The van der Waals surface area contributed by atoms with Gasteiger partial charge in [-0.1, -0.05) is 5.16 Å². The van der Waals surface area contributed by atoms with Gasteiger partial charge in [0.05, 0.1) is 41.3 Å². The third kappa shape index (κ3) is 4.59. The van der Waals surface area contributed by atoms with Crippen LogP contribution < -0.4 is 5.32 Å². The second-order valence-corrected chi connectivity index (χ2v) is 7.72. The molecule has 1 saturated carbocycles. The fourth-order valence-corrected chi connectivity index (χ4v) is 3.98. The Morgan fingerprint density at radius 1 is 1.23 bits per heavy atom. The Kier molecular flexibility index (Phi) is 5.75. The molecule has 31 heavy (non-hydrogen) atoms. The number of alkyl halides is 3. The number of carbonyl (C=O) groups excluding carboxylic acids is 1. The second kappa shape index (κ2) is 8.48. The van der Waals surface area contributed by atoms with Crippen LogP contribution in [0.25, 0.3) is 11.3 Å². The number of halogens is 3. The molecule has 11 heteroatoms. The van der Waals surface area contributed by atoms with Crippen molar-refractivity contribution in [1.29, 1.82) is 0 Å². The number of aromatic nitrogens is 5.